The molecule has 7 heteroatoms. The first-order valence-electron chi connectivity index (χ1n) is 6.42. The smallest absolute Gasteiger partial charge is 0.293 e. The van der Waals surface area contributed by atoms with E-state index >= 15 is 0 Å². The molecule has 0 aliphatic carbocycles. The van der Waals surface area contributed by atoms with E-state index in [4.69, 9.17) is 0 Å². The Morgan fingerprint density at radius 2 is 2.25 bits per heavy atom. The summed E-state index contributed by atoms with van der Waals surface area (Å²) in [4.78, 5) is 14.7. The van der Waals surface area contributed by atoms with Crippen molar-refractivity contribution in [1.29, 1.82) is 0 Å². The minimum atomic E-state index is -0.471. The Hall–Kier alpha value is -1.21. The van der Waals surface area contributed by atoms with Crippen molar-refractivity contribution in [3.63, 3.8) is 0 Å². The van der Waals surface area contributed by atoms with Gasteiger partial charge in [0, 0.05) is 25.7 Å². The number of nitrogens with zero attached hydrogens (tertiary/aromatic N) is 3. The lowest BCUT2D eigenvalue weighted by atomic mass is 10.1. The molecule has 1 aromatic carbocycles. The molecule has 1 atom stereocenters. The van der Waals surface area contributed by atoms with Crippen molar-refractivity contribution in [2.45, 2.75) is 6.42 Å². The molecule has 0 spiro atoms. The summed E-state index contributed by atoms with van der Waals surface area (Å²) in [7, 11) is 4.01. The first kappa shape index (κ1) is 15.2. The predicted octanol–water partition coefficient (Wildman–Crippen LogP) is 2.88. The highest BCUT2D eigenvalue weighted by molar-refractivity contribution is 9.10. The zero-order chi connectivity index (χ0) is 14.9. The van der Waals surface area contributed by atoms with Crippen LogP contribution in [-0.2, 0) is 0 Å². The fourth-order valence-electron chi connectivity index (χ4n) is 2.68. The van der Waals surface area contributed by atoms with Gasteiger partial charge in [-0.05, 0) is 48.4 Å². The lowest BCUT2D eigenvalue weighted by molar-refractivity contribution is -0.384. The molecular weight excluding hydrogens is 329 g/mol. The fraction of sp³-hybridized carbons (Fsp3) is 0.538. The van der Waals surface area contributed by atoms with E-state index in [-0.39, 0.29) is 10.2 Å². The van der Waals surface area contributed by atoms with Gasteiger partial charge in [-0.15, -0.1) is 0 Å². The molecule has 1 unspecified atom stereocenters. The highest BCUT2D eigenvalue weighted by Gasteiger charge is 2.30. The number of nitro groups is 1. The van der Waals surface area contributed by atoms with Gasteiger partial charge in [-0.2, -0.15) is 0 Å². The number of rotatable bonds is 4. The van der Waals surface area contributed by atoms with E-state index in [1.54, 1.807) is 0 Å². The van der Waals surface area contributed by atoms with Crippen LogP contribution in [0.2, 0.25) is 0 Å². The zero-order valence-corrected chi connectivity index (χ0v) is 13.1. The summed E-state index contributed by atoms with van der Waals surface area (Å²) in [6.45, 7) is 2.35. The van der Waals surface area contributed by atoms with E-state index in [9.17, 15) is 14.5 Å². The SMILES string of the molecule is CN(C)CC1CCN(c2c([N+](=O)[O-])ccc(F)c2Br)C1. The van der Waals surface area contributed by atoms with Gasteiger partial charge >= 0.3 is 0 Å². The second kappa shape index (κ2) is 6.05. The van der Waals surface area contributed by atoms with Crippen LogP contribution in [0.1, 0.15) is 6.42 Å². The summed E-state index contributed by atoms with van der Waals surface area (Å²) in [6, 6.07) is 2.35. The highest BCUT2D eigenvalue weighted by Crippen LogP contribution is 2.39. The van der Waals surface area contributed by atoms with Gasteiger partial charge in [0.25, 0.3) is 5.69 Å². The Labute approximate surface area is 125 Å². The van der Waals surface area contributed by atoms with Crippen LogP contribution in [0.3, 0.4) is 0 Å². The fourth-order valence-corrected chi connectivity index (χ4v) is 3.27. The van der Waals surface area contributed by atoms with Crippen molar-refractivity contribution in [3.05, 3.63) is 32.5 Å². The van der Waals surface area contributed by atoms with Gasteiger partial charge in [-0.1, -0.05) is 0 Å². The maximum atomic E-state index is 13.7. The normalized spacial score (nSPS) is 18.9. The predicted molar refractivity (Wildman–Crippen MR) is 79.6 cm³/mol. The molecule has 0 aromatic heterocycles. The maximum absolute atomic E-state index is 13.7. The van der Waals surface area contributed by atoms with Gasteiger partial charge in [0.05, 0.1) is 9.40 Å². The molecule has 0 saturated carbocycles. The van der Waals surface area contributed by atoms with E-state index in [1.165, 1.54) is 6.07 Å². The minimum absolute atomic E-state index is 0.0521. The third-order valence-electron chi connectivity index (χ3n) is 3.47. The Morgan fingerprint density at radius 3 is 2.85 bits per heavy atom. The van der Waals surface area contributed by atoms with Crippen LogP contribution in [0.5, 0.6) is 0 Å². The second-order valence-corrected chi connectivity index (χ2v) is 6.14. The molecule has 0 N–H and O–H groups in total. The monoisotopic (exact) mass is 345 g/mol. The van der Waals surface area contributed by atoms with Gasteiger partial charge in [-0.25, -0.2) is 4.39 Å². The van der Waals surface area contributed by atoms with Crippen molar-refractivity contribution in [1.82, 2.24) is 4.90 Å². The number of nitro benzene ring substituents is 1. The molecule has 1 fully saturated rings. The molecule has 110 valence electrons. The summed E-state index contributed by atoms with van der Waals surface area (Å²) in [5, 5.41) is 11.1. The second-order valence-electron chi connectivity index (χ2n) is 5.35. The van der Waals surface area contributed by atoms with Crippen molar-refractivity contribution in [3.8, 4) is 0 Å². The summed E-state index contributed by atoms with van der Waals surface area (Å²) < 4.78 is 13.9. The van der Waals surface area contributed by atoms with E-state index in [2.05, 4.69) is 20.8 Å². The third-order valence-corrected chi connectivity index (χ3v) is 4.22. The van der Waals surface area contributed by atoms with Crippen molar-refractivity contribution < 1.29 is 9.31 Å². The van der Waals surface area contributed by atoms with Crippen LogP contribution in [0, 0.1) is 21.8 Å². The van der Waals surface area contributed by atoms with Crippen LogP contribution < -0.4 is 4.90 Å². The summed E-state index contributed by atoms with van der Waals surface area (Å²) >= 11 is 3.15. The Morgan fingerprint density at radius 1 is 1.55 bits per heavy atom. The lowest BCUT2D eigenvalue weighted by Gasteiger charge is -2.21. The first-order chi connectivity index (χ1) is 9.40. The van der Waals surface area contributed by atoms with Gasteiger partial charge in [0.15, 0.2) is 0 Å². The number of anilines is 1. The van der Waals surface area contributed by atoms with Crippen molar-refractivity contribution in [2.75, 3.05) is 38.6 Å². The molecular formula is C13H17BrFN3O2. The number of halogens is 2. The first-order valence-corrected chi connectivity index (χ1v) is 7.21. The third kappa shape index (κ3) is 3.09. The Kier molecular flexibility index (Phi) is 4.59. The van der Waals surface area contributed by atoms with E-state index in [0.717, 1.165) is 19.0 Å². The zero-order valence-electron chi connectivity index (χ0n) is 11.5. The summed E-state index contributed by atoms with van der Waals surface area (Å²) in [5.41, 5.74) is 0.306. The Balaban J connectivity index is 2.29. The van der Waals surface area contributed by atoms with E-state index in [1.807, 2.05) is 19.0 Å². The number of hydrogen-bond acceptors (Lipinski definition) is 4. The molecule has 1 aliphatic heterocycles. The average molecular weight is 346 g/mol. The van der Waals surface area contributed by atoms with E-state index < -0.39 is 10.7 Å². The molecule has 5 nitrogen and oxygen atoms in total. The maximum Gasteiger partial charge on any atom is 0.293 e. The number of hydrogen-bond donors (Lipinski definition) is 0. The molecule has 20 heavy (non-hydrogen) atoms. The van der Waals surface area contributed by atoms with Crippen LogP contribution in [0.15, 0.2) is 16.6 Å². The molecule has 0 amide bonds. The van der Waals surface area contributed by atoms with Crippen LogP contribution in [0.4, 0.5) is 15.8 Å². The number of benzene rings is 1. The molecule has 0 bridgehead atoms. The van der Waals surface area contributed by atoms with Gasteiger partial charge in [-0.3, -0.25) is 10.1 Å². The van der Waals surface area contributed by atoms with Gasteiger partial charge < -0.3 is 9.80 Å². The summed E-state index contributed by atoms with van der Waals surface area (Å²) in [5.74, 6) is -0.0265. The van der Waals surface area contributed by atoms with Crippen LogP contribution in [0.25, 0.3) is 0 Å². The lowest BCUT2D eigenvalue weighted by Crippen LogP contribution is -2.26. The molecule has 2 rings (SSSR count). The molecule has 1 aliphatic rings. The average Bonchev–Trinajstić information content (AvgIpc) is 2.79. The summed E-state index contributed by atoms with van der Waals surface area (Å²) in [6.07, 6.45) is 0.957. The quantitative estimate of drug-likeness (QED) is 0.621. The van der Waals surface area contributed by atoms with Crippen LogP contribution >= 0.6 is 15.9 Å². The molecule has 0 radical (unpaired) electrons. The van der Waals surface area contributed by atoms with Gasteiger partial charge in [0.1, 0.15) is 11.5 Å². The van der Waals surface area contributed by atoms with Crippen molar-refractivity contribution >= 4 is 27.3 Å². The van der Waals surface area contributed by atoms with Crippen molar-refractivity contribution in [2.24, 2.45) is 5.92 Å². The molecule has 1 saturated heterocycles. The largest absolute Gasteiger partial charge is 0.365 e. The highest BCUT2D eigenvalue weighted by atomic mass is 79.9. The van der Waals surface area contributed by atoms with Gasteiger partial charge in [0.2, 0.25) is 0 Å². The molecule has 1 aromatic rings. The van der Waals surface area contributed by atoms with E-state index in [0.29, 0.717) is 24.7 Å². The standard InChI is InChI=1S/C13H17BrFN3O2/c1-16(2)7-9-5-6-17(8-9)13-11(18(19)20)4-3-10(15)12(13)14/h3-4,9H,5-8H2,1-2H3. The Bertz CT molecular complexity index is 525. The molecule has 1 heterocycles. The topological polar surface area (TPSA) is 49.6 Å². The van der Waals surface area contributed by atoms with Crippen LogP contribution in [-0.4, -0.2) is 43.6 Å². The minimum Gasteiger partial charge on any atom is -0.365 e.